The van der Waals surface area contributed by atoms with Crippen LogP contribution in [0.15, 0.2) is 91.5 Å². The minimum absolute atomic E-state index is 0.0955. The van der Waals surface area contributed by atoms with E-state index < -0.39 is 0 Å². The maximum Gasteiger partial charge on any atom is 0.254 e. The zero-order valence-electron chi connectivity index (χ0n) is 16.1. The minimum Gasteiger partial charge on any atom is -0.489 e. The molecule has 0 atom stereocenters. The van der Waals surface area contributed by atoms with Crippen LogP contribution in [-0.4, -0.2) is 17.4 Å². The van der Waals surface area contributed by atoms with E-state index in [2.05, 4.69) is 12.6 Å². The Morgan fingerprint density at radius 2 is 1.72 bits per heavy atom. The molecular weight excluding hydrogens is 360 g/mol. The molecule has 0 aliphatic heterocycles. The summed E-state index contributed by atoms with van der Waals surface area (Å²) < 4.78 is 5.78. The lowest BCUT2D eigenvalue weighted by atomic mass is 10.1. The van der Waals surface area contributed by atoms with E-state index in [-0.39, 0.29) is 5.91 Å². The fourth-order valence-electron chi connectivity index (χ4n) is 2.95. The predicted molar refractivity (Wildman–Crippen MR) is 113 cm³/mol. The van der Waals surface area contributed by atoms with Crippen molar-refractivity contribution in [2.75, 3.05) is 6.54 Å². The third kappa shape index (κ3) is 5.57. The van der Waals surface area contributed by atoms with Gasteiger partial charge in [-0.15, -0.1) is 6.58 Å². The van der Waals surface area contributed by atoms with Crippen molar-refractivity contribution in [3.05, 3.63) is 114 Å². The second-order valence-corrected chi connectivity index (χ2v) is 6.59. The van der Waals surface area contributed by atoms with E-state index in [1.54, 1.807) is 47.4 Å². The third-order valence-corrected chi connectivity index (χ3v) is 4.42. The lowest BCUT2D eigenvalue weighted by Gasteiger charge is -2.21. The molecule has 0 spiro atoms. The number of hydrogen-bond donors (Lipinski definition) is 0. The molecule has 0 unspecified atom stereocenters. The number of benzene rings is 3. The summed E-state index contributed by atoms with van der Waals surface area (Å²) in [6.45, 7) is 5.06. The smallest absolute Gasteiger partial charge is 0.254 e. The fraction of sp³-hybridized carbons (Fsp3) is 0.120. The molecule has 1 amide bonds. The average molecular weight is 382 g/mol. The van der Waals surface area contributed by atoms with Crippen molar-refractivity contribution < 1.29 is 9.53 Å². The monoisotopic (exact) mass is 382 g/mol. The molecule has 29 heavy (non-hydrogen) atoms. The second-order valence-electron chi connectivity index (χ2n) is 6.59. The van der Waals surface area contributed by atoms with Crippen molar-refractivity contribution in [1.82, 2.24) is 4.90 Å². The van der Waals surface area contributed by atoms with E-state index >= 15 is 0 Å². The molecule has 0 aliphatic carbocycles. The number of nitrogens with zero attached hydrogens (tertiary/aromatic N) is 2. The zero-order chi connectivity index (χ0) is 20.5. The maximum absolute atomic E-state index is 13.0. The van der Waals surface area contributed by atoms with E-state index in [4.69, 9.17) is 10.00 Å². The summed E-state index contributed by atoms with van der Waals surface area (Å²) in [5, 5.41) is 9.07. The van der Waals surface area contributed by atoms with E-state index in [1.807, 2.05) is 42.5 Å². The molecule has 0 saturated heterocycles. The summed E-state index contributed by atoms with van der Waals surface area (Å²) in [5.74, 6) is 0.615. The molecule has 4 nitrogen and oxygen atoms in total. The molecule has 3 aromatic carbocycles. The minimum atomic E-state index is -0.0955. The van der Waals surface area contributed by atoms with Crippen LogP contribution in [0.1, 0.15) is 27.0 Å². The van der Waals surface area contributed by atoms with Gasteiger partial charge in [0.15, 0.2) is 0 Å². The number of nitriles is 1. The molecule has 4 heteroatoms. The van der Waals surface area contributed by atoms with Crippen LogP contribution < -0.4 is 4.74 Å². The number of rotatable bonds is 8. The number of carbonyl (C=O) groups excluding carboxylic acids is 1. The quantitative estimate of drug-likeness (QED) is 0.517. The predicted octanol–water partition coefficient (Wildman–Crippen LogP) is 4.97. The van der Waals surface area contributed by atoms with Gasteiger partial charge < -0.3 is 9.64 Å². The van der Waals surface area contributed by atoms with Crippen molar-refractivity contribution in [3.63, 3.8) is 0 Å². The SMILES string of the molecule is C=CCN(Cc1cccc(C#N)c1)C(=O)c1ccc(OCc2ccccc2)cc1. The summed E-state index contributed by atoms with van der Waals surface area (Å²) in [5.41, 5.74) is 3.15. The van der Waals surface area contributed by atoms with Gasteiger partial charge in [0.05, 0.1) is 11.6 Å². The van der Waals surface area contributed by atoms with Crippen molar-refractivity contribution in [1.29, 1.82) is 5.26 Å². The lowest BCUT2D eigenvalue weighted by molar-refractivity contribution is 0.0762. The fourth-order valence-corrected chi connectivity index (χ4v) is 2.95. The lowest BCUT2D eigenvalue weighted by Crippen LogP contribution is -2.30. The van der Waals surface area contributed by atoms with Crippen LogP contribution >= 0.6 is 0 Å². The molecule has 0 radical (unpaired) electrons. The molecule has 0 saturated carbocycles. The van der Waals surface area contributed by atoms with E-state index in [9.17, 15) is 4.79 Å². The van der Waals surface area contributed by atoms with Crippen LogP contribution in [0.4, 0.5) is 0 Å². The molecule has 0 bridgehead atoms. The van der Waals surface area contributed by atoms with Crippen molar-refractivity contribution in [3.8, 4) is 11.8 Å². The molecular formula is C25H22N2O2. The number of ether oxygens (including phenoxy) is 1. The highest BCUT2D eigenvalue weighted by Gasteiger charge is 2.15. The van der Waals surface area contributed by atoms with Crippen LogP contribution in [0.3, 0.4) is 0 Å². The molecule has 0 fully saturated rings. The van der Waals surface area contributed by atoms with Crippen LogP contribution in [0.2, 0.25) is 0 Å². The summed E-state index contributed by atoms with van der Waals surface area (Å²) in [6, 6.07) is 26.5. The zero-order valence-corrected chi connectivity index (χ0v) is 16.1. The highest BCUT2D eigenvalue weighted by molar-refractivity contribution is 5.94. The Bertz CT molecular complexity index is 1000. The topological polar surface area (TPSA) is 53.3 Å². The van der Waals surface area contributed by atoms with E-state index in [0.717, 1.165) is 11.1 Å². The van der Waals surface area contributed by atoms with Gasteiger partial charge in [0.1, 0.15) is 12.4 Å². The Balaban J connectivity index is 1.67. The van der Waals surface area contributed by atoms with Gasteiger partial charge in [-0.2, -0.15) is 5.26 Å². The first kappa shape index (κ1) is 19.9. The summed E-state index contributed by atoms with van der Waals surface area (Å²) in [4.78, 5) is 14.7. The molecule has 0 aromatic heterocycles. The van der Waals surface area contributed by atoms with Crippen LogP contribution in [0.5, 0.6) is 5.75 Å². The molecule has 0 aliphatic rings. The Hall–Kier alpha value is -3.84. The van der Waals surface area contributed by atoms with E-state index in [1.165, 1.54) is 0 Å². The molecule has 3 rings (SSSR count). The second kappa shape index (κ2) is 9.91. The van der Waals surface area contributed by atoms with Gasteiger partial charge in [-0.1, -0.05) is 48.5 Å². The van der Waals surface area contributed by atoms with Gasteiger partial charge in [-0.25, -0.2) is 0 Å². The van der Waals surface area contributed by atoms with Crippen molar-refractivity contribution >= 4 is 5.91 Å². The Kier molecular flexibility index (Phi) is 6.80. The van der Waals surface area contributed by atoms with E-state index in [0.29, 0.717) is 36.6 Å². The first-order valence-electron chi connectivity index (χ1n) is 9.35. The van der Waals surface area contributed by atoms with Gasteiger partial charge in [-0.05, 0) is 47.5 Å². The summed E-state index contributed by atoms with van der Waals surface area (Å²) in [7, 11) is 0. The largest absolute Gasteiger partial charge is 0.489 e. The van der Waals surface area contributed by atoms with Crippen molar-refractivity contribution in [2.45, 2.75) is 13.2 Å². The molecule has 144 valence electrons. The summed E-state index contributed by atoms with van der Waals surface area (Å²) >= 11 is 0. The Labute approximate surface area is 171 Å². The number of carbonyl (C=O) groups is 1. The van der Waals surface area contributed by atoms with Gasteiger partial charge in [0.2, 0.25) is 0 Å². The van der Waals surface area contributed by atoms with Gasteiger partial charge in [0, 0.05) is 18.7 Å². The van der Waals surface area contributed by atoms with Gasteiger partial charge in [-0.3, -0.25) is 4.79 Å². The normalized spacial score (nSPS) is 10.0. The van der Waals surface area contributed by atoms with Crippen molar-refractivity contribution in [2.24, 2.45) is 0 Å². The number of amides is 1. The molecule has 0 heterocycles. The number of hydrogen-bond acceptors (Lipinski definition) is 3. The van der Waals surface area contributed by atoms with Crippen LogP contribution in [0.25, 0.3) is 0 Å². The van der Waals surface area contributed by atoms with Crippen LogP contribution in [0, 0.1) is 11.3 Å². The average Bonchev–Trinajstić information content (AvgIpc) is 2.78. The third-order valence-electron chi connectivity index (χ3n) is 4.42. The summed E-state index contributed by atoms with van der Waals surface area (Å²) in [6.07, 6.45) is 1.70. The Morgan fingerprint density at radius 1 is 1.00 bits per heavy atom. The highest BCUT2D eigenvalue weighted by atomic mass is 16.5. The first-order chi connectivity index (χ1) is 14.2. The molecule has 3 aromatic rings. The maximum atomic E-state index is 13.0. The van der Waals surface area contributed by atoms with Gasteiger partial charge >= 0.3 is 0 Å². The Morgan fingerprint density at radius 3 is 2.41 bits per heavy atom. The standard InChI is InChI=1S/C25H22N2O2/c1-2-15-27(18-22-10-6-9-21(16-22)17-26)25(28)23-11-13-24(14-12-23)29-19-20-7-4-3-5-8-20/h2-14,16H,1,15,18-19H2. The van der Waals surface area contributed by atoms with Crippen LogP contribution in [-0.2, 0) is 13.2 Å². The highest BCUT2D eigenvalue weighted by Crippen LogP contribution is 2.17. The molecule has 0 N–H and O–H groups in total. The first-order valence-corrected chi connectivity index (χ1v) is 9.35. The van der Waals surface area contributed by atoms with Gasteiger partial charge in [0.25, 0.3) is 5.91 Å².